The first-order valence-electron chi connectivity index (χ1n) is 12.5. The van der Waals surface area contributed by atoms with Crippen LogP contribution in [0.3, 0.4) is 0 Å². The van der Waals surface area contributed by atoms with Gasteiger partial charge in [0.1, 0.15) is 11.8 Å². The number of aromatic amines is 1. The molecule has 184 valence electrons. The molecule has 3 aromatic heterocycles. The molecular weight excluding hydrogens is 502 g/mol. The number of nitrogens with zero attached hydrogens (tertiary/aromatic N) is 4. The Balaban J connectivity index is 1.68. The molecule has 0 unspecified atom stereocenters. The van der Waals surface area contributed by atoms with Crippen LogP contribution in [0.25, 0.3) is 61.3 Å². The van der Waals surface area contributed by atoms with Crippen molar-refractivity contribution in [2.45, 2.75) is 0 Å². The van der Waals surface area contributed by atoms with Crippen LogP contribution < -0.4 is 0 Å². The average molecular weight is 522 g/mol. The lowest BCUT2D eigenvalue weighted by Crippen LogP contribution is -2.01. The zero-order valence-electron chi connectivity index (χ0n) is 20.6. The molecule has 39 heavy (non-hydrogen) atoms. The molecule has 4 aromatic carbocycles. The van der Waals surface area contributed by atoms with E-state index in [0.717, 1.165) is 49.9 Å². The van der Waals surface area contributed by atoms with Gasteiger partial charge < -0.3 is 4.98 Å². The number of para-hydroxylation sites is 2. The van der Waals surface area contributed by atoms with E-state index in [1.807, 2.05) is 120 Å². The molecule has 1 N–H and O–H groups in total. The Labute approximate surface area is 229 Å². The molecule has 7 rings (SSSR count). The second-order valence-electron chi connectivity index (χ2n) is 9.24. The van der Waals surface area contributed by atoms with Gasteiger partial charge in [0, 0.05) is 38.8 Å². The standard InChI is InChI=1S/C33H20ClN5/c34-23-17-15-21(16-18-23)29-26(19-35)32(27-20-36-28-14-8-7-13-25(27)28)37-33-30(29)31(22-9-3-1-4-10-22)38-39(33)24-11-5-2-6-12-24/h1-18,20,36H. The molecular formula is C33H20ClN5. The maximum atomic E-state index is 10.7. The average Bonchev–Trinajstić information content (AvgIpc) is 3.59. The largest absolute Gasteiger partial charge is 0.360 e. The molecule has 0 saturated carbocycles. The first kappa shape index (κ1) is 23.0. The highest BCUT2D eigenvalue weighted by molar-refractivity contribution is 6.30. The summed E-state index contributed by atoms with van der Waals surface area (Å²) in [6, 6.07) is 38.1. The molecule has 0 amide bonds. The van der Waals surface area contributed by atoms with Gasteiger partial charge in [-0.15, -0.1) is 0 Å². The second-order valence-corrected chi connectivity index (χ2v) is 9.67. The van der Waals surface area contributed by atoms with E-state index in [0.29, 0.717) is 21.9 Å². The van der Waals surface area contributed by atoms with E-state index in [4.69, 9.17) is 21.7 Å². The van der Waals surface area contributed by atoms with Crippen molar-refractivity contribution in [2.75, 3.05) is 0 Å². The fourth-order valence-corrected chi connectivity index (χ4v) is 5.30. The van der Waals surface area contributed by atoms with Crippen LogP contribution in [0.15, 0.2) is 115 Å². The summed E-state index contributed by atoms with van der Waals surface area (Å²) in [5.41, 5.74) is 7.83. The van der Waals surface area contributed by atoms with E-state index in [2.05, 4.69) is 11.1 Å². The quantitative estimate of drug-likeness (QED) is 0.252. The number of pyridine rings is 1. The molecule has 3 heterocycles. The van der Waals surface area contributed by atoms with Gasteiger partial charge in [-0.1, -0.05) is 90.5 Å². The number of rotatable bonds is 4. The molecule has 6 heteroatoms. The number of hydrogen-bond donors (Lipinski definition) is 1. The van der Waals surface area contributed by atoms with Crippen LogP contribution in [0.1, 0.15) is 5.56 Å². The van der Waals surface area contributed by atoms with Crippen molar-refractivity contribution in [2.24, 2.45) is 0 Å². The van der Waals surface area contributed by atoms with E-state index < -0.39 is 0 Å². The van der Waals surface area contributed by atoms with Crippen molar-refractivity contribution >= 4 is 33.5 Å². The van der Waals surface area contributed by atoms with Gasteiger partial charge in [0.05, 0.1) is 22.3 Å². The SMILES string of the molecule is N#Cc1c(-c2c[nH]c3ccccc23)nc2c(c(-c3ccccc3)nn2-c2ccccc2)c1-c1ccc(Cl)cc1. The molecule has 0 radical (unpaired) electrons. The number of nitrogens with one attached hydrogen (secondary N) is 1. The molecule has 0 saturated heterocycles. The molecule has 0 aliphatic carbocycles. The lowest BCUT2D eigenvalue weighted by Gasteiger charge is -2.13. The van der Waals surface area contributed by atoms with Gasteiger partial charge in [0.15, 0.2) is 5.65 Å². The summed E-state index contributed by atoms with van der Waals surface area (Å²) in [5.74, 6) is 0. The predicted octanol–water partition coefficient (Wildman–Crippen LogP) is 8.43. The number of aromatic nitrogens is 4. The van der Waals surface area contributed by atoms with Gasteiger partial charge in [0.2, 0.25) is 0 Å². The summed E-state index contributed by atoms with van der Waals surface area (Å²) >= 11 is 6.28. The fraction of sp³-hybridized carbons (Fsp3) is 0. The minimum atomic E-state index is 0.486. The van der Waals surface area contributed by atoms with Crippen LogP contribution in [0, 0.1) is 11.3 Å². The minimum Gasteiger partial charge on any atom is -0.360 e. The highest BCUT2D eigenvalue weighted by atomic mass is 35.5. The molecule has 0 bridgehead atoms. The van der Waals surface area contributed by atoms with Gasteiger partial charge in [-0.25, -0.2) is 9.67 Å². The van der Waals surface area contributed by atoms with Crippen molar-refractivity contribution < 1.29 is 0 Å². The van der Waals surface area contributed by atoms with Gasteiger partial charge in [-0.2, -0.15) is 10.4 Å². The van der Waals surface area contributed by atoms with Gasteiger partial charge in [0.25, 0.3) is 0 Å². The van der Waals surface area contributed by atoms with E-state index in [1.165, 1.54) is 0 Å². The monoisotopic (exact) mass is 521 g/mol. The van der Waals surface area contributed by atoms with Crippen LogP contribution in [0.2, 0.25) is 5.02 Å². The smallest absolute Gasteiger partial charge is 0.164 e. The number of H-pyrrole nitrogens is 1. The maximum absolute atomic E-state index is 10.7. The lowest BCUT2D eigenvalue weighted by atomic mass is 9.92. The van der Waals surface area contributed by atoms with Crippen molar-refractivity contribution in [3.63, 3.8) is 0 Å². The van der Waals surface area contributed by atoms with Crippen LogP contribution in [-0.2, 0) is 0 Å². The molecule has 0 fully saturated rings. The zero-order valence-corrected chi connectivity index (χ0v) is 21.4. The highest BCUT2D eigenvalue weighted by Crippen LogP contribution is 2.43. The van der Waals surface area contributed by atoms with E-state index in [9.17, 15) is 5.26 Å². The van der Waals surface area contributed by atoms with Crippen molar-refractivity contribution in [1.82, 2.24) is 19.7 Å². The normalized spacial score (nSPS) is 11.2. The van der Waals surface area contributed by atoms with Crippen molar-refractivity contribution in [3.05, 3.63) is 126 Å². The van der Waals surface area contributed by atoms with Crippen LogP contribution in [0.5, 0.6) is 0 Å². The third-order valence-corrected chi connectivity index (χ3v) is 7.20. The molecule has 5 nitrogen and oxygen atoms in total. The van der Waals surface area contributed by atoms with Crippen LogP contribution in [0.4, 0.5) is 0 Å². The summed E-state index contributed by atoms with van der Waals surface area (Å²) in [6.07, 6.45) is 1.92. The van der Waals surface area contributed by atoms with Gasteiger partial charge >= 0.3 is 0 Å². The number of benzene rings is 4. The Morgan fingerprint density at radius 3 is 2.18 bits per heavy atom. The third-order valence-electron chi connectivity index (χ3n) is 6.95. The number of fused-ring (bicyclic) bond motifs is 2. The Morgan fingerprint density at radius 2 is 1.44 bits per heavy atom. The first-order valence-corrected chi connectivity index (χ1v) is 12.9. The topological polar surface area (TPSA) is 70.3 Å². The van der Waals surface area contributed by atoms with E-state index in [1.54, 1.807) is 0 Å². The summed E-state index contributed by atoms with van der Waals surface area (Å²) in [7, 11) is 0. The maximum Gasteiger partial charge on any atom is 0.164 e. The minimum absolute atomic E-state index is 0.486. The van der Waals surface area contributed by atoms with E-state index >= 15 is 0 Å². The fourth-order valence-electron chi connectivity index (χ4n) is 5.17. The predicted molar refractivity (Wildman–Crippen MR) is 157 cm³/mol. The van der Waals surface area contributed by atoms with Crippen LogP contribution >= 0.6 is 11.6 Å². The molecule has 0 aliphatic rings. The summed E-state index contributed by atoms with van der Waals surface area (Å²) in [4.78, 5) is 8.54. The Hall–Kier alpha value is -5.18. The zero-order chi connectivity index (χ0) is 26.3. The Bertz CT molecular complexity index is 2020. The summed E-state index contributed by atoms with van der Waals surface area (Å²) in [6.45, 7) is 0. The number of hydrogen-bond acceptors (Lipinski definition) is 3. The summed E-state index contributed by atoms with van der Waals surface area (Å²) < 4.78 is 1.87. The molecule has 7 aromatic rings. The number of halogens is 1. The molecule has 0 aliphatic heterocycles. The second kappa shape index (κ2) is 9.29. The number of nitriles is 1. The van der Waals surface area contributed by atoms with E-state index in [-0.39, 0.29) is 0 Å². The Kier molecular flexibility index (Phi) is 5.47. The van der Waals surface area contributed by atoms with Gasteiger partial charge in [-0.3, -0.25) is 0 Å². The third kappa shape index (κ3) is 3.78. The Morgan fingerprint density at radius 1 is 0.744 bits per heavy atom. The highest BCUT2D eigenvalue weighted by Gasteiger charge is 2.26. The van der Waals surface area contributed by atoms with Crippen molar-refractivity contribution in [1.29, 1.82) is 5.26 Å². The van der Waals surface area contributed by atoms with Crippen LogP contribution in [-0.4, -0.2) is 19.7 Å². The lowest BCUT2D eigenvalue weighted by molar-refractivity contribution is 0.901. The molecule has 0 spiro atoms. The van der Waals surface area contributed by atoms with Gasteiger partial charge in [-0.05, 0) is 35.9 Å². The first-order chi connectivity index (χ1) is 19.2. The summed E-state index contributed by atoms with van der Waals surface area (Å²) in [5, 5.41) is 18.2. The molecule has 0 atom stereocenters. The van der Waals surface area contributed by atoms with Crippen molar-refractivity contribution in [3.8, 4) is 45.4 Å².